The van der Waals surface area contributed by atoms with Crippen LogP contribution in [0.3, 0.4) is 0 Å². The molecule has 0 unspecified atom stereocenters. The third-order valence-corrected chi connectivity index (χ3v) is 1.93. The van der Waals surface area contributed by atoms with Gasteiger partial charge in [0.25, 0.3) is 0 Å². The number of rotatable bonds is 4. The normalized spacial score (nSPS) is 11.5. The largest absolute Gasteiger partial charge is 0.496 e. The minimum Gasteiger partial charge on any atom is -0.496 e. The highest BCUT2D eigenvalue weighted by Gasteiger charge is 1.99. The second-order valence-electron chi connectivity index (χ2n) is 2.87. The number of hydrogen-bond donors (Lipinski definition) is 1. The summed E-state index contributed by atoms with van der Waals surface area (Å²) in [6, 6.07) is 7.53. The van der Waals surface area contributed by atoms with Crippen LogP contribution in [0.15, 0.2) is 36.2 Å². The number of allylic oxidation sites excluding steroid dienone is 1. The lowest BCUT2D eigenvalue weighted by atomic mass is 10.1. The molecule has 0 aliphatic carbocycles. The molecule has 0 fully saturated rings. The lowest BCUT2D eigenvalue weighted by molar-refractivity contribution is 0.410. The summed E-state index contributed by atoms with van der Waals surface area (Å²) in [5.41, 5.74) is 6.09. The first-order valence-electron chi connectivity index (χ1n) is 4.44. The summed E-state index contributed by atoms with van der Waals surface area (Å²) in [7, 11) is 1.60. The number of para-hydroxylation sites is 1. The maximum atomic E-state index is 12.7. The van der Waals surface area contributed by atoms with E-state index in [1.165, 1.54) is 6.08 Å². The number of ether oxygens (including phenoxy) is 1. The molecule has 14 heavy (non-hydrogen) atoms. The number of nitrogens with two attached hydrogens (primary N) is 1. The molecule has 0 spiro atoms. The van der Waals surface area contributed by atoms with Crippen LogP contribution in [0, 0.1) is 0 Å². The van der Waals surface area contributed by atoms with E-state index in [0.717, 1.165) is 11.3 Å². The summed E-state index contributed by atoms with van der Waals surface area (Å²) < 4.78 is 17.9. The van der Waals surface area contributed by atoms with Gasteiger partial charge in [-0.15, -0.1) is 0 Å². The molecular weight excluding hydrogens is 181 g/mol. The Hall–Kier alpha value is -1.35. The highest BCUT2D eigenvalue weighted by molar-refractivity contribution is 5.34. The maximum absolute atomic E-state index is 12.7. The second kappa shape index (κ2) is 5.40. The van der Waals surface area contributed by atoms with E-state index in [1.807, 2.05) is 24.3 Å². The Balaban J connectivity index is 2.76. The topological polar surface area (TPSA) is 35.2 Å². The minimum absolute atomic E-state index is 0.0465. The molecule has 0 aromatic heterocycles. The summed E-state index contributed by atoms with van der Waals surface area (Å²) >= 11 is 0. The predicted molar refractivity (Wildman–Crippen MR) is 54.9 cm³/mol. The summed E-state index contributed by atoms with van der Waals surface area (Å²) in [5.74, 6) is 0.476. The molecule has 0 saturated carbocycles. The summed E-state index contributed by atoms with van der Waals surface area (Å²) in [6.45, 7) is -0.0465. The van der Waals surface area contributed by atoms with Crippen molar-refractivity contribution in [2.75, 3.05) is 13.7 Å². The van der Waals surface area contributed by atoms with E-state index < -0.39 is 0 Å². The lowest BCUT2D eigenvalue weighted by Crippen LogP contribution is -1.99. The number of halogens is 1. The minimum atomic E-state index is -0.295. The fraction of sp³-hybridized carbons (Fsp3) is 0.273. The van der Waals surface area contributed by atoms with Crippen molar-refractivity contribution in [3.63, 3.8) is 0 Å². The Labute approximate surface area is 83.2 Å². The summed E-state index contributed by atoms with van der Waals surface area (Å²) in [5, 5.41) is 0. The average molecular weight is 195 g/mol. The fourth-order valence-electron chi connectivity index (χ4n) is 1.18. The van der Waals surface area contributed by atoms with Crippen LogP contribution in [0.2, 0.25) is 0 Å². The first-order chi connectivity index (χ1) is 6.77. The molecule has 0 aliphatic heterocycles. The van der Waals surface area contributed by atoms with Crippen molar-refractivity contribution in [3.05, 3.63) is 41.7 Å². The Bertz CT molecular complexity index is 323. The predicted octanol–water partition coefficient (Wildman–Crippen LogP) is 2.05. The van der Waals surface area contributed by atoms with Crippen LogP contribution in [-0.4, -0.2) is 13.7 Å². The zero-order valence-corrected chi connectivity index (χ0v) is 8.16. The number of benzene rings is 1. The Morgan fingerprint density at radius 2 is 2.21 bits per heavy atom. The monoisotopic (exact) mass is 195 g/mol. The Morgan fingerprint density at radius 3 is 2.86 bits per heavy atom. The van der Waals surface area contributed by atoms with Crippen molar-refractivity contribution < 1.29 is 9.13 Å². The smallest absolute Gasteiger partial charge is 0.122 e. The van der Waals surface area contributed by atoms with Crippen molar-refractivity contribution in [2.24, 2.45) is 5.73 Å². The second-order valence-corrected chi connectivity index (χ2v) is 2.87. The Kier molecular flexibility index (Phi) is 4.13. The molecule has 0 aliphatic rings. The van der Waals surface area contributed by atoms with E-state index in [-0.39, 0.29) is 12.4 Å². The lowest BCUT2D eigenvalue weighted by Gasteiger charge is -2.05. The third kappa shape index (κ3) is 2.85. The molecule has 2 N–H and O–H groups in total. The molecule has 1 rings (SSSR count). The van der Waals surface area contributed by atoms with E-state index in [2.05, 4.69) is 0 Å². The van der Waals surface area contributed by atoms with Crippen molar-refractivity contribution in [1.29, 1.82) is 0 Å². The van der Waals surface area contributed by atoms with Gasteiger partial charge in [-0.25, -0.2) is 4.39 Å². The zero-order chi connectivity index (χ0) is 10.4. The first kappa shape index (κ1) is 10.7. The average Bonchev–Trinajstić information content (AvgIpc) is 2.26. The van der Waals surface area contributed by atoms with Gasteiger partial charge < -0.3 is 10.5 Å². The summed E-state index contributed by atoms with van der Waals surface area (Å²) in [4.78, 5) is 0. The van der Waals surface area contributed by atoms with E-state index >= 15 is 0 Å². The molecule has 0 radical (unpaired) electrons. The van der Waals surface area contributed by atoms with Gasteiger partial charge in [0.2, 0.25) is 0 Å². The molecule has 1 aromatic rings. The molecular formula is C11H14FNO. The first-order valence-corrected chi connectivity index (χ1v) is 4.44. The number of hydrogen-bond acceptors (Lipinski definition) is 2. The SMILES string of the molecule is COc1ccccc1CC=C(F)CN. The van der Waals surface area contributed by atoms with Gasteiger partial charge >= 0.3 is 0 Å². The highest BCUT2D eigenvalue weighted by atomic mass is 19.1. The van der Waals surface area contributed by atoms with Crippen LogP contribution in [-0.2, 0) is 6.42 Å². The van der Waals surface area contributed by atoms with Gasteiger partial charge in [-0.2, -0.15) is 0 Å². The van der Waals surface area contributed by atoms with Gasteiger partial charge in [0.05, 0.1) is 7.11 Å². The van der Waals surface area contributed by atoms with Crippen molar-refractivity contribution in [2.45, 2.75) is 6.42 Å². The van der Waals surface area contributed by atoms with Gasteiger partial charge in [-0.3, -0.25) is 0 Å². The molecule has 2 nitrogen and oxygen atoms in total. The van der Waals surface area contributed by atoms with Crippen LogP contribution >= 0.6 is 0 Å². The van der Waals surface area contributed by atoms with E-state index in [1.54, 1.807) is 7.11 Å². The van der Waals surface area contributed by atoms with Crippen molar-refractivity contribution in [3.8, 4) is 5.75 Å². The van der Waals surface area contributed by atoms with E-state index in [4.69, 9.17) is 10.5 Å². The van der Waals surface area contributed by atoms with Crippen LogP contribution in [0.5, 0.6) is 5.75 Å². The Morgan fingerprint density at radius 1 is 1.50 bits per heavy atom. The maximum Gasteiger partial charge on any atom is 0.122 e. The molecule has 1 aromatic carbocycles. The molecule has 0 heterocycles. The number of methoxy groups -OCH3 is 1. The third-order valence-electron chi connectivity index (χ3n) is 1.93. The quantitative estimate of drug-likeness (QED) is 0.798. The van der Waals surface area contributed by atoms with E-state index in [0.29, 0.717) is 6.42 Å². The standard InChI is InChI=1S/C11H14FNO/c1-14-11-5-3-2-4-9(11)6-7-10(12)8-13/h2-5,7H,6,8,13H2,1H3. The van der Waals surface area contributed by atoms with Crippen LogP contribution < -0.4 is 10.5 Å². The van der Waals surface area contributed by atoms with Crippen LogP contribution in [0.25, 0.3) is 0 Å². The van der Waals surface area contributed by atoms with Gasteiger partial charge in [-0.1, -0.05) is 18.2 Å². The fourth-order valence-corrected chi connectivity index (χ4v) is 1.18. The highest BCUT2D eigenvalue weighted by Crippen LogP contribution is 2.18. The van der Waals surface area contributed by atoms with E-state index in [9.17, 15) is 4.39 Å². The molecule has 76 valence electrons. The summed E-state index contributed by atoms with van der Waals surface area (Å²) in [6.07, 6.45) is 1.98. The van der Waals surface area contributed by atoms with Crippen molar-refractivity contribution >= 4 is 0 Å². The van der Waals surface area contributed by atoms with Crippen molar-refractivity contribution in [1.82, 2.24) is 0 Å². The molecule has 0 atom stereocenters. The molecule has 0 bridgehead atoms. The molecule has 3 heteroatoms. The van der Waals surface area contributed by atoms with Crippen LogP contribution in [0.1, 0.15) is 5.56 Å². The van der Waals surface area contributed by atoms with Gasteiger partial charge in [0.1, 0.15) is 11.6 Å². The van der Waals surface area contributed by atoms with Gasteiger partial charge in [-0.05, 0) is 24.1 Å². The van der Waals surface area contributed by atoms with Crippen LogP contribution in [0.4, 0.5) is 4.39 Å². The zero-order valence-electron chi connectivity index (χ0n) is 8.16. The molecule has 0 saturated heterocycles. The molecule has 0 amide bonds. The van der Waals surface area contributed by atoms with Gasteiger partial charge in [0, 0.05) is 6.54 Å². The van der Waals surface area contributed by atoms with Gasteiger partial charge in [0.15, 0.2) is 0 Å².